The van der Waals surface area contributed by atoms with Crippen LogP contribution in [0.3, 0.4) is 0 Å². The van der Waals surface area contributed by atoms with Gasteiger partial charge in [0.05, 0.1) is 37.3 Å². The molecule has 3 N–H and O–H groups in total. The standard InChI is InChI=1S/C25H26N6O2.C3H5O2.C2H5NO2.2V/c32-13-30-12-25(5-6-25)10-21(30)23-26-11-17(27-23)7-15-1-4-19-20(8-15)29-24(28-19)22-16-2-3-18(9-16)31(22)14-33;1-3(4)5-2;1-5-2(3)4;;/h1,4,8,11,16,18,21-22H,2-3,5-7,9-10,12H2,(H,26,27)(H,28,29);1H2,2H3;1H3,(H2,3,4);;/q-2;-1;;2*+2/p-1/t16-,18+,21-,22-;;;;/m0..../s1. The molecule has 13 nitrogen and oxygen atoms in total. The van der Waals surface area contributed by atoms with Crippen LogP contribution in [0.5, 0.6) is 0 Å². The number of imidazole rings is 2. The van der Waals surface area contributed by atoms with Gasteiger partial charge in [-0.05, 0) is 74.1 Å². The Morgan fingerprint density at radius 1 is 1.11 bits per heavy atom. The Bertz CT molecular complexity index is 1480. The van der Waals surface area contributed by atoms with Crippen molar-refractivity contribution in [1.29, 1.82) is 0 Å². The van der Waals surface area contributed by atoms with Crippen molar-refractivity contribution in [3.8, 4) is 0 Å². The largest absolute Gasteiger partial charge is 2.00 e. The van der Waals surface area contributed by atoms with Gasteiger partial charge in [0.25, 0.3) is 0 Å². The minimum atomic E-state index is -0.995. The number of carbonyl (C=O) groups excluding carboxylic acids is 4. The number of likely N-dealkylation sites (tertiary alicyclic amines) is 2. The number of hydrogen-bond donors (Lipinski definition) is 2. The Labute approximate surface area is 285 Å². The first-order chi connectivity index (χ1) is 20.7. The molecule has 2 aromatic heterocycles. The van der Waals surface area contributed by atoms with Gasteiger partial charge >= 0.3 is 37.1 Å². The number of benzene rings is 1. The Kier molecular flexibility index (Phi) is 12.2. The summed E-state index contributed by atoms with van der Waals surface area (Å²) in [6.07, 6.45) is 12.6. The van der Waals surface area contributed by atoms with Crippen molar-refractivity contribution < 1.29 is 65.8 Å². The Morgan fingerprint density at radius 3 is 2.42 bits per heavy atom. The van der Waals surface area contributed by atoms with Crippen LogP contribution in [-0.4, -0.2) is 81.4 Å². The van der Waals surface area contributed by atoms with Gasteiger partial charge in [0.1, 0.15) is 11.6 Å². The number of hydrogen-bond acceptors (Lipinski definition) is 8. The number of ether oxygens (including phenoxy) is 2. The number of piperidine rings is 1. The molecule has 236 valence electrons. The van der Waals surface area contributed by atoms with Crippen molar-refractivity contribution in [2.75, 3.05) is 20.8 Å². The molecule has 45 heavy (non-hydrogen) atoms. The fourth-order valence-electron chi connectivity index (χ4n) is 6.59. The van der Waals surface area contributed by atoms with Crippen molar-refractivity contribution >= 4 is 35.9 Å². The Morgan fingerprint density at radius 2 is 1.82 bits per heavy atom. The summed E-state index contributed by atoms with van der Waals surface area (Å²) in [7, 11) is 2.45. The molecule has 4 fully saturated rings. The molecule has 2 aliphatic carbocycles. The van der Waals surface area contributed by atoms with Gasteiger partial charge in [-0.25, -0.2) is 9.97 Å². The van der Waals surface area contributed by atoms with Crippen LogP contribution in [0.1, 0.15) is 73.5 Å². The summed E-state index contributed by atoms with van der Waals surface area (Å²) in [5.41, 5.74) is 10.4. The fraction of sp³-hybridized carbons (Fsp3) is 0.500. The minimum absolute atomic E-state index is 0. The monoisotopic (exact) mass is 691 g/mol. The van der Waals surface area contributed by atoms with Gasteiger partial charge in [-0.1, -0.05) is 6.07 Å². The quantitative estimate of drug-likeness (QED) is 0.290. The third-order valence-corrected chi connectivity index (χ3v) is 8.89. The van der Waals surface area contributed by atoms with E-state index in [1.165, 1.54) is 20.0 Å². The van der Waals surface area contributed by atoms with Crippen LogP contribution in [0.15, 0.2) is 24.4 Å². The molecular weight excluding hydrogens is 656 g/mol. The predicted molar refractivity (Wildman–Crippen MR) is 154 cm³/mol. The molecule has 2 aliphatic heterocycles. The van der Waals surface area contributed by atoms with Crippen LogP contribution in [0.4, 0.5) is 4.79 Å². The number of H-pyrrole nitrogens is 2. The number of nitrogens with one attached hydrogen (secondary N) is 3. The number of esters is 1. The summed E-state index contributed by atoms with van der Waals surface area (Å²) >= 11 is 0. The van der Waals surface area contributed by atoms with Crippen LogP contribution >= 0.6 is 0 Å². The summed E-state index contributed by atoms with van der Waals surface area (Å²) in [6.45, 7) is 3.70. The second kappa shape index (κ2) is 15.3. The van der Waals surface area contributed by atoms with Crippen LogP contribution in [0.2, 0.25) is 0 Å². The summed E-state index contributed by atoms with van der Waals surface area (Å²) in [5, 5.41) is 0. The van der Waals surface area contributed by atoms with Gasteiger partial charge in [0.15, 0.2) is 5.97 Å². The summed E-state index contributed by atoms with van der Waals surface area (Å²) < 4.78 is 7.78. The smallest absolute Gasteiger partial charge is 0.632 e. The molecule has 15 heteroatoms. The summed E-state index contributed by atoms with van der Waals surface area (Å²) in [6, 6.07) is 6.62. The van der Waals surface area contributed by atoms with E-state index < -0.39 is 12.1 Å². The number of aromatic amines is 2. The molecule has 1 spiro atoms. The zero-order valence-corrected chi connectivity index (χ0v) is 27.9. The van der Waals surface area contributed by atoms with E-state index in [0.717, 1.165) is 79.7 Å². The molecule has 4 heterocycles. The number of fused-ring (bicyclic) bond motifs is 3. The van der Waals surface area contributed by atoms with E-state index in [4.69, 9.17) is 10.7 Å². The van der Waals surface area contributed by atoms with E-state index in [-0.39, 0.29) is 49.2 Å². The average molecular weight is 692 g/mol. The van der Waals surface area contributed by atoms with Crippen molar-refractivity contribution in [2.24, 2.45) is 11.3 Å². The van der Waals surface area contributed by atoms with Gasteiger partial charge in [-0.2, -0.15) is 12.8 Å². The van der Waals surface area contributed by atoms with E-state index in [0.29, 0.717) is 17.4 Å². The molecule has 1 aromatic carbocycles. The predicted octanol–water partition coefficient (Wildman–Crippen LogP) is 3.86. The third kappa shape index (κ3) is 8.07. The van der Waals surface area contributed by atoms with Crippen molar-refractivity contribution in [3.05, 3.63) is 60.0 Å². The van der Waals surface area contributed by atoms with E-state index in [1.807, 2.05) is 17.2 Å². The topological polar surface area (TPSA) is 174 Å². The maximum atomic E-state index is 11.6. The average Bonchev–Trinajstić information content (AvgIpc) is 3.57. The van der Waals surface area contributed by atoms with Crippen LogP contribution in [0.25, 0.3) is 16.8 Å². The summed E-state index contributed by atoms with van der Waals surface area (Å²) in [4.78, 5) is 61.7. The van der Waals surface area contributed by atoms with Gasteiger partial charge in [-0.3, -0.25) is 16.5 Å². The van der Waals surface area contributed by atoms with Crippen molar-refractivity contribution in [2.45, 2.75) is 63.1 Å². The van der Waals surface area contributed by atoms with E-state index in [1.54, 1.807) is 4.90 Å². The second-order valence-corrected chi connectivity index (χ2v) is 11.6. The third-order valence-electron chi connectivity index (χ3n) is 8.89. The number of amides is 3. The van der Waals surface area contributed by atoms with Gasteiger partial charge in [-0.15, -0.1) is 0 Å². The first kappa shape index (κ1) is 36.1. The molecule has 4 aliphatic rings. The first-order valence-corrected chi connectivity index (χ1v) is 14.2. The van der Waals surface area contributed by atoms with E-state index in [9.17, 15) is 19.2 Å². The maximum absolute atomic E-state index is 11.6. The molecule has 3 amide bonds. The normalized spacial score (nSPS) is 23.1. The number of nitrogens with zero attached hydrogens (tertiary/aromatic N) is 4. The number of methoxy groups -OCH3 is 2. The maximum Gasteiger partial charge on any atom is 2.00 e. The van der Waals surface area contributed by atoms with E-state index >= 15 is 0 Å². The SMILES string of the molecule is COC([NH-])=O.O=[C-]N1CC2(CC2)C[C@H]1c1ncc(Cc2ccc3nc([C@@H]4[C@H]5CC[C@H](C5)N4[C-]=O)[nH]c3c2)[nH]1.[CH2-]C(=O)OC.[V+2].[V+2]. The van der Waals surface area contributed by atoms with Crippen LogP contribution in [-0.2, 0) is 67.4 Å². The molecule has 0 unspecified atom stereocenters. The molecular formula is C30H35N7O6V2. The van der Waals surface area contributed by atoms with Gasteiger partial charge in [0, 0.05) is 24.4 Å². The molecule has 2 saturated carbocycles. The number of aromatic nitrogens is 4. The number of carbonyl (C=O) groups is 2. The Hall–Kier alpha value is -3.38. The second-order valence-electron chi connectivity index (χ2n) is 11.6. The zero-order chi connectivity index (χ0) is 30.7. The van der Waals surface area contributed by atoms with Crippen LogP contribution in [0, 0.1) is 18.3 Å². The Balaban J connectivity index is 0.000000405. The van der Waals surface area contributed by atoms with Crippen LogP contribution < -0.4 is 0 Å². The number of rotatable bonds is 6. The van der Waals surface area contributed by atoms with Crippen molar-refractivity contribution in [3.63, 3.8) is 0 Å². The van der Waals surface area contributed by atoms with Gasteiger partial charge in [0.2, 0.25) is 6.09 Å². The zero-order valence-electron chi connectivity index (χ0n) is 25.1. The van der Waals surface area contributed by atoms with Crippen molar-refractivity contribution in [1.82, 2.24) is 29.7 Å². The molecule has 2 saturated heterocycles. The molecule has 7 rings (SSSR count). The molecule has 2 bridgehead atoms. The molecule has 2 radical (unpaired) electrons. The summed E-state index contributed by atoms with van der Waals surface area (Å²) in [5.74, 6) is 1.73. The minimum Gasteiger partial charge on any atom is -0.632 e. The van der Waals surface area contributed by atoms with Gasteiger partial charge < -0.3 is 44.6 Å². The van der Waals surface area contributed by atoms with E-state index in [2.05, 4.69) is 56.3 Å². The molecule has 3 aromatic rings. The fourth-order valence-corrected chi connectivity index (χ4v) is 6.59. The first-order valence-electron chi connectivity index (χ1n) is 14.2. The molecule has 4 atom stereocenters.